The minimum Gasteiger partial charge on any atom is -0.383 e. The molecule has 2 aromatic rings. The normalized spacial score (nSPS) is 15.1. The van der Waals surface area contributed by atoms with E-state index in [1.807, 2.05) is 6.92 Å². The maximum Gasteiger partial charge on any atom is 0.264 e. The molecule has 0 spiro atoms. The van der Waals surface area contributed by atoms with Gasteiger partial charge in [0.15, 0.2) is 5.82 Å². The Kier molecular flexibility index (Phi) is 5.28. The lowest BCUT2D eigenvalue weighted by atomic mass is 10.1. The van der Waals surface area contributed by atoms with Crippen LogP contribution in [-0.2, 0) is 9.53 Å². The topological polar surface area (TPSA) is 99.2 Å². The van der Waals surface area contributed by atoms with Crippen molar-refractivity contribution >= 4 is 5.91 Å². The molecule has 0 bridgehead atoms. The van der Waals surface area contributed by atoms with Gasteiger partial charge in [0.1, 0.15) is 11.6 Å². The van der Waals surface area contributed by atoms with E-state index in [4.69, 9.17) is 9.26 Å². The number of carbonyl (C=O) groups is 1. The summed E-state index contributed by atoms with van der Waals surface area (Å²) in [6, 6.07) is 2.75. The molecule has 2 aromatic heterocycles. The molecule has 0 aliphatic heterocycles. The molecule has 1 amide bonds. The standard InChI is InChI=1S/C17H22N4O4/c1-3-13(15(22)18-8-10-24-2)21-9-4-5-12(17(21)23)16-19-14(20-25-16)11-6-7-11/h4-5,9,11,13H,3,6-8,10H2,1-2H3,(H,18,22)/t13-/m0/s1. The van der Waals surface area contributed by atoms with Crippen molar-refractivity contribution in [1.29, 1.82) is 0 Å². The van der Waals surface area contributed by atoms with Crippen LogP contribution in [0.2, 0.25) is 0 Å². The Morgan fingerprint density at radius 3 is 3.00 bits per heavy atom. The highest BCUT2D eigenvalue weighted by Gasteiger charge is 2.29. The van der Waals surface area contributed by atoms with E-state index in [1.165, 1.54) is 4.57 Å². The van der Waals surface area contributed by atoms with Crippen LogP contribution in [0.15, 0.2) is 27.6 Å². The molecule has 1 aliphatic rings. The highest BCUT2D eigenvalue weighted by Crippen LogP contribution is 2.38. The van der Waals surface area contributed by atoms with E-state index in [2.05, 4.69) is 15.5 Å². The SMILES string of the molecule is CC[C@@H](C(=O)NCCOC)n1cccc(-c2nc(C3CC3)no2)c1=O. The highest BCUT2D eigenvalue weighted by molar-refractivity contribution is 5.80. The van der Waals surface area contributed by atoms with Crippen molar-refractivity contribution in [1.82, 2.24) is 20.0 Å². The van der Waals surface area contributed by atoms with Crippen molar-refractivity contribution < 1.29 is 14.1 Å². The lowest BCUT2D eigenvalue weighted by Crippen LogP contribution is -2.38. The van der Waals surface area contributed by atoms with Crippen LogP contribution in [0.1, 0.15) is 44.0 Å². The number of hydrogen-bond donors (Lipinski definition) is 1. The number of hydrogen-bond acceptors (Lipinski definition) is 6. The predicted molar refractivity (Wildman–Crippen MR) is 90.2 cm³/mol. The number of ether oxygens (including phenoxy) is 1. The average molecular weight is 346 g/mol. The van der Waals surface area contributed by atoms with Gasteiger partial charge in [-0.25, -0.2) is 0 Å². The summed E-state index contributed by atoms with van der Waals surface area (Å²) >= 11 is 0. The first-order valence-electron chi connectivity index (χ1n) is 8.47. The molecule has 1 atom stereocenters. The third-order valence-electron chi connectivity index (χ3n) is 4.22. The lowest BCUT2D eigenvalue weighted by molar-refractivity contribution is -0.124. The molecule has 1 N–H and O–H groups in total. The molecular formula is C17H22N4O4. The number of pyridine rings is 1. The molecule has 2 heterocycles. The number of carbonyl (C=O) groups excluding carboxylic acids is 1. The first-order chi connectivity index (χ1) is 12.2. The van der Waals surface area contributed by atoms with Gasteiger partial charge in [0.2, 0.25) is 5.91 Å². The number of amides is 1. The first-order valence-corrected chi connectivity index (χ1v) is 8.47. The van der Waals surface area contributed by atoms with E-state index in [1.54, 1.807) is 25.4 Å². The van der Waals surface area contributed by atoms with Gasteiger partial charge >= 0.3 is 0 Å². The number of methoxy groups -OCH3 is 1. The summed E-state index contributed by atoms with van der Waals surface area (Å²) in [6.07, 6.45) is 4.20. The van der Waals surface area contributed by atoms with Gasteiger partial charge in [0.05, 0.1) is 6.61 Å². The molecule has 0 radical (unpaired) electrons. The second-order valence-electron chi connectivity index (χ2n) is 6.07. The molecule has 3 rings (SSSR count). The van der Waals surface area contributed by atoms with Crippen LogP contribution < -0.4 is 10.9 Å². The second kappa shape index (κ2) is 7.60. The minimum absolute atomic E-state index is 0.205. The summed E-state index contributed by atoms with van der Waals surface area (Å²) in [7, 11) is 1.57. The van der Waals surface area contributed by atoms with Crippen molar-refractivity contribution in [2.24, 2.45) is 0 Å². The third-order valence-corrected chi connectivity index (χ3v) is 4.22. The summed E-state index contributed by atoms with van der Waals surface area (Å²) in [5.74, 6) is 0.978. The molecule has 1 aliphatic carbocycles. The van der Waals surface area contributed by atoms with Gasteiger partial charge in [-0.05, 0) is 31.4 Å². The first kappa shape index (κ1) is 17.3. The number of nitrogens with one attached hydrogen (secondary N) is 1. The number of rotatable bonds is 8. The fraction of sp³-hybridized carbons (Fsp3) is 0.529. The van der Waals surface area contributed by atoms with Crippen LogP contribution in [0.4, 0.5) is 0 Å². The molecule has 1 saturated carbocycles. The van der Waals surface area contributed by atoms with E-state index in [0.717, 1.165) is 12.8 Å². The van der Waals surface area contributed by atoms with Gasteiger partial charge in [0.25, 0.3) is 11.4 Å². The van der Waals surface area contributed by atoms with Crippen LogP contribution in [0.25, 0.3) is 11.5 Å². The summed E-state index contributed by atoms with van der Waals surface area (Å²) < 4.78 is 11.6. The number of aromatic nitrogens is 3. The highest BCUT2D eigenvalue weighted by atomic mass is 16.5. The molecule has 134 valence electrons. The maximum atomic E-state index is 12.8. The monoisotopic (exact) mass is 346 g/mol. The van der Waals surface area contributed by atoms with Gasteiger partial charge in [0, 0.05) is 25.8 Å². The molecule has 8 nitrogen and oxygen atoms in total. The zero-order valence-electron chi connectivity index (χ0n) is 14.4. The Morgan fingerprint density at radius 1 is 1.52 bits per heavy atom. The predicted octanol–water partition coefficient (Wildman–Crippen LogP) is 1.49. The molecule has 8 heteroatoms. The Bertz CT molecular complexity index is 794. The maximum absolute atomic E-state index is 12.8. The van der Waals surface area contributed by atoms with Gasteiger partial charge in [-0.1, -0.05) is 12.1 Å². The Balaban J connectivity index is 1.85. The quantitative estimate of drug-likeness (QED) is 0.727. The van der Waals surface area contributed by atoms with Crippen molar-refractivity contribution in [3.63, 3.8) is 0 Å². The summed E-state index contributed by atoms with van der Waals surface area (Å²) in [6.45, 7) is 2.68. The Labute approximate surface area is 145 Å². The van der Waals surface area contributed by atoms with Crippen molar-refractivity contribution in [3.05, 3.63) is 34.5 Å². The van der Waals surface area contributed by atoms with Crippen LogP contribution >= 0.6 is 0 Å². The third kappa shape index (κ3) is 3.79. The van der Waals surface area contributed by atoms with E-state index in [0.29, 0.717) is 36.9 Å². The van der Waals surface area contributed by atoms with Crippen molar-refractivity contribution in [2.45, 2.75) is 38.1 Å². The van der Waals surface area contributed by atoms with Gasteiger partial charge in [-0.15, -0.1) is 0 Å². The Morgan fingerprint density at radius 2 is 2.32 bits per heavy atom. The molecule has 1 fully saturated rings. The van der Waals surface area contributed by atoms with Gasteiger partial charge in [-0.2, -0.15) is 4.98 Å². The van der Waals surface area contributed by atoms with E-state index in [9.17, 15) is 9.59 Å². The van der Waals surface area contributed by atoms with Gasteiger partial charge < -0.3 is 19.1 Å². The van der Waals surface area contributed by atoms with E-state index < -0.39 is 6.04 Å². The molecule has 0 aromatic carbocycles. The molecule has 25 heavy (non-hydrogen) atoms. The van der Waals surface area contributed by atoms with Crippen LogP contribution in [-0.4, -0.2) is 40.9 Å². The molecular weight excluding hydrogens is 324 g/mol. The average Bonchev–Trinajstić information content (AvgIpc) is 3.35. The van der Waals surface area contributed by atoms with E-state index >= 15 is 0 Å². The zero-order chi connectivity index (χ0) is 17.8. The van der Waals surface area contributed by atoms with Gasteiger partial charge in [-0.3, -0.25) is 9.59 Å². The Hall–Kier alpha value is -2.48. The van der Waals surface area contributed by atoms with E-state index in [-0.39, 0.29) is 17.4 Å². The van der Waals surface area contributed by atoms with Crippen LogP contribution in [0.5, 0.6) is 0 Å². The zero-order valence-corrected chi connectivity index (χ0v) is 14.4. The number of nitrogens with zero attached hydrogens (tertiary/aromatic N) is 3. The fourth-order valence-corrected chi connectivity index (χ4v) is 2.67. The van der Waals surface area contributed by atoms with Crippen molar-refractivity contribution in [3.8, 4) is 11.5 Å². The lowest BCUT2D eigenvalue weighted by Gasteiger charge is -2.18. The fourth-order valence-electron chi connectivity index (χ4n) is 2.67. The summed E-state index contributed by atoms with van der Waals surface area (Å²) in [5, 5.41) is 6.72. The smallest absolute Gasteiger partial charge is 0.264 e. The molecule has 0 saturated heterocycles. The van der Waals surface area contributed by atoms with Crippen molar-refractivity contribution in [2.75, 3.05) is 20.3 Å². The summed E-state index contributed by atoms with van der Waals surface area (Å²) in [4.78, 5) is 29.5. The largest absolute Gasteiger partial charge is 0.383 e. The van der Waals surface area contributed by atoms with Crippen LogP contribution in [0, 0.1) is 0 Å². The second-order valence-corrected chi connectivity index (χ2v) is 6.07. The molecule has 0 unspecified atom stereocenters. The summed E-state index contributed by atoms with van der Waals surface area (Å²) in [5.41, 5.74) is -0.00715. The minimum atomic E-state index is -0.602. The van der Waals surface area contributed by atoms with Crippen LogP contribution in [0.3, 0.4) is 0 Å².